The first-order valence-corrected chi connectivity index (χ1v) is 21.4. The Morgan fingerprint density at radius 3 is 1.18 bits per heavy atom. The lowest BCUT2D eigenvalue weighted by atomic mass is 10.0. The minimum absolute atomic E-state index is 0.129. The summed E-state index contributed by atoms with van der Waals surface area (Å²) in [7, 11) is 0. The molecule has 2 aromatic rings. The average molecular weight is 1010 g/mol. The van der Waals surface area contributed by atoms with Crippen molar-refractivity contribution in [2.24, 2.45) is 0 Å². The Bertz CT molecular complexity index is 957. The predicted molar refractivity (Wildman–Crippen MR) is 211 cm³/mol. The molecular formula is C35H50Br6O4. The monoisotopic (exact) mass is 1010 g/mol. The largest absolute Gasteiger partial charge is 0.490 e. The Hall–Kier alpha value is 0.840. The van der Waals surface area contributed by atoms with E-state index >= 15 is 0 Å². The Labute approximate surface area is 323 Å². The first-order valence-electron chi connectivity index (χ1n) is 16.4. The maximum Gasteiger partial charge on any atom is 0.147 e. The maximum atomic E-state index is 6.15. The molecule has 0 amide bonds. The smallest absolute Gasteiger partial charge is 0.147 e. The first-order chi connectivity index (χ1) is 21.7. The molecule has 0 fully saturated rings. The van der Waals surface area contributed by atoms with E-state index in [2.05, 4.69) is 134 Å². The fourth-order valence-electron chi connectivity index (χ4n) is 4.78. The molecule has 0 saturated carbocycles. The normalized spacial score (nSPS) is 12.8. The molecule has 10 heteroatoms. The van der Waals surface area contributed by atoms with Crippen molar-refractivity contribution >= 4 is 95.6 Å². The lowest BCUT2D eigenvalue weighted by molar-refractivity contribution is 0.121. The van der Waals surface area contributed by atoms with E-state index in [4.69, 9.17) is 18.9 Å². The highest BCUT2D eigenvalue weighted by Crippen LogP contribution is 2.38. The molecule has 0 bridgehead atoms. The summed E-state index contributed by atoms with van der Waals surface area (Å²) < 4.78 is 27.7. The molecule has 0 aliphatic rings. The van der Waals surface area contributed by atoms with Crippen molar-refractivity contribution in [3.8, 4) is 11.5 Å². The van der Waals surface area contributed by atoms with Gasteiger partial charge < -0.3 is 18.9 Å². The lowest BCUT2D eigenvalue weighted by Gasteiger charge is -2.17. The van der Waals surface area contributed by atoms with Gasteiger partial charge in [0.1, 0.15) is 24.7 Å². The van der Waals surface area contributed by atoms with E-state index < -0.39 is 0 Å². The van der Waals surface area contributed by atoms with Gasteiger partial charge in [0, 0.05) is 13.2 Å². The van der Waals surface area contributed by atoms with Gasteiger partial charge in [-0.25, -0.2) is 0 Å². The second kappa shape index (κ2) is 25.8. The summed E-state index contributed by atoms with van der Waals surface area (Å²) in [5.41, 5.74) is 2.32. The summed E-state index contributed by atoms with van der Waals surface area (Å²) in [6, 6.07) is 8.47. The van der Waals surface area contributed by atoms with Crippen LogP contribution in [0.4, 0.5) is 0 Å². The number of hydrogen-bond acceptors (Lipinski definition) is 4. The zero-order chi connectivity index (χ0) is 32.9. The summed E-state index contributed by atoms with van der Waals surface area (Å²) in [5, 5.41) is 0. The minimum Gasteiger partial charge on any atom is -0.490 e. The van der Waals surface area contributed by atoms with Gasteiger partial charge in [0.2, 0.25) is 0 Å². The van der Waals surface area contributed by atoms with Crippen LogP contribution in [0.25, 0.3) is 0 Å². The van der Waals surface area contributed by atoms with Gasteiger partial charge >= 0.3 is 0 Å². The van der Waals surface area contributed by atoms with Gasteiger partial charge in [0.25, 0.3) is 0 Å². The lowest BCUT2D eigenvalue weighted by Crippen LogP contribution is -2.18. The maximum absolute atomic E-state index is 6.15. The van der Waals surface area contributed by atoms with Crippen LogP contribution in [0.3, 0.4) is 0 Å². The van der Waals surface area contributed by atoms with Crippen molar-refractivity contribution in [1.29, 1.82) is 0 Å². The third-order valence-electron chi connectivity index (χ3n) is 7.22. The van der Waals surface area contributed by atoms with Crippen molar-refractivity contribution in [3.63, 3.8) is 0 Å². The fraction of sp³-hybridized carbons (Fsp3) is 0.657. The summed E-state index contributed by atoms with van der Waals surface area (Å²) >= 11 is 22.3. The van der Waals surface area contributed by atoms with E-state index in [1.165, 1.54) is 64.2 Å². The van der Waals surface area contributed by atoms with Gasteiger partial charge in [-0.3, -0.25) is 0 Å². The van der Waals surface area contributed by atoms with Crippen molar-refractivity contribution in [1.82, 2.24) is 0 Å². The predicted octanol–water partition coefficient (Wildman–Crippen LogP) is 13.4. The van der Waals surface area contributed by atoms with Gasteiger partial charge in [0.15, 0.2) is 0 Å². The Morgan fingerprint density at radius 1 is 0.489 bits per heavy atom. The molecule has 2 rings (SSSR count). The van der Waals surface area contributed by atoms with Crippen molar-refractivity contribution < 1.29 is 18.9 Å². The van der Waals surface area contributed by atoms with E-state index in [-0.39, 0.29) is 9.65 Å². The number of ether oxygens (including phenoxy) is 4. The Kier molecular flexibility index (Phi) is 24.0. The molecule has 0 aromatic heterocycles. The van der Waals surface area contributed by atoms with Gasteiger partial charge in [-0.05, 0) is 118 Å². The second-order valence-electron chi connectivity index (χ2n) is 11.5. The minimum atomic E-state index is 0.129. The van der Waals surface area contributed by atoms with E-state index in [9.17, 15) is 0 Å². The summed E-state index contributed by atoms with van der Waals surface area (Å²) in [6.07, 6.45) is 16.0. The highest BCUT2D eigenvalue weighted by molar-refractivity contribution is 9.11. The van der Waals surface area contributed by atoms with Crippen LogP contribution in [0, 0.1) is 0 Å². The molecule has 2 atom stereocenters. The van der Waals surface area contributed by atoms with E-state index in [1.807, 2.05) is 0 Å². The van der Waals surface area contributed by atoms with Gasteiger partial charge in [-0.1, -0.05) is 110 Å². The van der Waals surface area contributed by atoms with Crippen LogP contribution in [0.2, 0.25) is 0 Å². The number of alkyl halides is 2. The molecule has 0 spiro atoms. The molecule has 2 aromatic carbocycles. The van der Waals surface area contributed by atoms with Crippen molar-refractivity contribution in [3.05, 3.63) is 53.3 Å². The van der Waals surface area contributed by atoms with Crippen LogP contribution in [0.1, 0.15) is 102 Å². The zero-order valence-corrected chi connectivity index (χ0v) is 36.3. The highest BCUT2D eigenvalue weighted by Gasteiger charge is 2.15. The standard InChI is InChI=1S/C35H50Br6O4/c1-3-5-7-9-11-13-15-42-22-28(36)24-44-34-30(38)18-26(19-31(34)39)17-27-20-32(40)35(33(41)21-27)45-25-29(37)23-43-16-14-12-10-8-6-4-2/h18-21,28-29H,3-17,22-25H2,1-2H3. The average Bonchev–Trinajstić information content (AvgIpc) is 2.99. The molecule has 2 unspecified atom stereocenters. The molecule has 4 nitrogen and oxygen atoms in total. The van der Waals surface area contributed by atoms with Crippen LogP contribution < -0.4 is 9.47 Å². The second-order valence-corrected chi connectivity index (χ2v) is 17.5. The third-order valence-corrected chi connectivity index (χ3v) is 10.6. The molecule has 256 valence electrons. The van der Waals surface area contributed by atoms with Gasteiger partial charge in [0.05, 0.1) is 40.8 Å². The van der Waals surface area contributed by atoms with Crippen LogP contribution >= 0.6 is 95.6 Å². The molecule has 0 N–H and O–H groups in total. The molecule has 0 aliphatic carbocycles. The third kappa shape index (κ3) is 18.4. The quantitative estimate of drug-likeness (QED) is 0.0695. The van der Waals surface area contributed by atoms with Crippen LogP contribution in [0.15, 0.2) is 42.2 Å². The number of unbranched alkanes of at least 4 members (excludes halogenated alkanes) is 10. The molecular weight excluding hydrogens is 964 g/mol. The highest BCUT2D eigenvalue weighted by atomic mass is 79.9. The SMILES string of the molecule is CCCCCCCCOCC(Br)COc1c(Br)cc(Cc2cc(Br)c(OCC(Br)COCCCCCCCC)c(Br)c2)cc1Br. The van der Waals surface area contributed by atoms with Crippen molar-refractivity contribution in [2.45, 2.75) is 107 Å². The number of hydrogen-bond donors (Lipinski definition) is 0. The van der Waals surface area contributed by atoms with Crippen LogP contribution in [-0.2, 0) is 15.9 Å². The number of rotatable bonds is 26. The molecule has 0 aliphatic heterocycles. The summed E-state index contributed by atoms with van der Waals surface area (Å²) in [5.74, 6) is 1.59. The summed E-state index contributed by atoms with van der Waals surface area (Å²) in [6.45, 7) is 8.42. The zero-order valence-electron chi connectivity index (χ0n) is 26.8. The molecule has 45 heavy (non-hydrogen) atoms. The fourth-order valence-corrected chi connectivity index (χ4v) is 8.43. The topological polar surface area (TPSA) is 36.9 Å². The van der Waals surface area contributed by atoms with Crippen LogP contribution in [-0.4, -0.2) is 49.3 Å². The van der Waals surface area contributed by atoms with Crippen LogP contribution in [0.5, 0.6) is 11.5 Å². The molecule has 0 heterocycles. The van der Waals surface area contributed by atoms with E-state index in [0.29, 0.717) is 26.4 Å². The van der Waals surface area contributed by atoms with Gasteiger partial charge in [-0.2, -0.15) is 0 Å². The number of benzene rings is 2. The van der Waals surface area contributed by atoms with Crippen molar-refractivity contribution in [2.75, 3.05) is 39.6 Å². The van der Waals surface area contributed by atoms with Gasteiger partial charge in [-0.15, -0.1) is 0 Å². The Morgan fingerprint density at radius 2 is 0.822 bits per heavy atom. The molecule has 0 radical (unpaired) electrons. The summed E-state index contributed by atoms with van der Waals surface area (Å²) in [4.78, 5) is 0.257. The first kappa shape index (κ1) is 42.0. The number of halogens is 6. The molecule has 0 saturated heterocycles. The van der Waals surface area contributed by atoms with E-state index in [1.54, 1.807) is 0 Å². The Balaban J connectivity index is 1.77. The van der Waals surface area contributed by atoms with E-state index in [0.717, 1.165) is 73.0 Å².